The number of unbranched alkanes of at least 4 members (excludes halogenated alkanes) is 14. The molecule has 0 nitrogen and oxygen atoms in total. The van der Waals surface area contributed by atoms with Crippen molar-refractivity contribution >= 4 is 34.0 Å². The molecule has 3 rings (SSSR count). The van der Waals surface area contributed by atoms with E-state index in [1.54, 1.807) is 11.1 Å². The number of aryl methyl sites for hydroxylation is 4. The second kappa shape index (κ2) is 17.6. The van der Waals surface area contributed by atoms with Crippen molar-refractivity contribution < 1.29 is 0 Å². The largest absolute Gasteiger partial charge is 0.139 e. The maximum absolute atomic E-state index is 2.46. The third kappa shape index (κ3) is 10.6. The minimum Gasteiger partial charge on any atom is -0.139 e. The Morgan fingerprint density at radius 2 is 0.811 bits per heavy atom. The lowest BCUT2D eigenvalue weighted by atomic mass is 10.0. The molecule has 3 aromatic heterocycles. The summed E-state index contributed by atoms with van der Waals surface area (Å²) in [4.78, 5) is 8.95. The molecule has 0 fully saturated rings. The van der Waals surface area contributed by atoms with Crippen LogP contribution in [0.1, 0.15) is 137 Å². The molecule has 0 aliphatic carbocycles. The van der Waals surface area contributed by atoms with Gasteiger partial charge in [0, 0.05) is 29.3 Å². The standard InChI is InChI=1S/C34H52S3/c1-5-7-9-11-13-15-17-19-21-29-25-27(3)35-33(29)31-23-24-32(37-31)34-30(26-28(4)36-34)22-20-18-16-14-12-10-8-6-2/h23-26H,5-22H2,1-4H3. The number of rotatable bonds is 20. The Bertz CT molecular complexity index is 924. The lowest BCUT2D eigenvalue weighted by Crippen LogP contribution is -1.86. The molecule has 0 aliphatic heterocycles. The van der Waals surface area contributed by atoms with Crippen LogP contribution >= 0.6 is 34.0 Å². The Morgan fingerprint density at radius 3 is 1.19 bits per heavy atom. The van der Waals surface area contributed by atoms with Crippen molar-refractivity contribution in [1.82, 2.24) is 0 Å². The molecule has 3 heterocycles. The third-order valence-electron chi connectivity index (χ3n) is 7.52. The van der Waals surface area contributed by atoms with Gasteiger partial charge in [-0.2, -0.15) is 0 Å². The van der Waals surface area contributed by atoms with Gasteiger partial charge in [0.15, 0.2) is 0 Å². The van der Waals surface area contributed by atoms with E-state index in [1.807, 2.05) is 34.0 Å². The molecule has 0 aromatic carbocycles. The molecule has 37 heavy (non-hydrogen) atoms. The van der Waals surface area contributed by atoms with Gasteiger partial charge in [-0.05, 0) is 74.9 Å². The molecule has 0 radical (unpaired) electrons. The molecule has 0 spiro atoms. The maximum atomic E-state index is 2.46. The predicted molar refractivity (Wildman–Crippen MR) is 173 cm³/mol. The van der Waals surface area contributed by atoms with Gasteiger partial charge in [-0.25, -0.2) is 0 Å². The molecule has 0 saturated heterocycles. The highest BCUT2D eigenvalue weighted by molar-refractivity contribution is 7.26. The van der Waals surface area contributed by atoms with Crippen molar-refractivity contribution in [3.8, 4) is 19.5 Å². The zero-order valence-electron chi connectivity index (χ0n) is 24.3. The van der Waals surface area contributed by atoms with Gasteiger partial charge in [0.05, 0.1) is 0 Å². The van der Waals surface area contributed by atoms with Gasteiger partial charge >= 0.3 is 0 Å². The minimum absolute atomic E-state index is 1.24. The van der Waals surface area contributed by atoms with Crippen molar-refractivity contribution in [2.75, 3.05) is 0 Å². The van der Waals surface area contributed by atoms with Crippen molar-refractivity contribution in [3.05, 3.63) is 45.1 Å². The van der Waals surface area contributed by atoms with Crippen LogP contribution in [0.4, 0.5) is 0 Å². The number of hydrogen-bond donors (Lipinski definition) is 0. The van der Waals surface area contributed by atoms with Crippen molar-refractivity contribution in [2.45, 2.75) is 143 Å². The molecule has 0 bridgehead atoms. The van der Waals surface area contributed by atoms with Gasteiger partial charge in [-0.15, -0.1) is 34.0 Å². The van der Waals surface area contributed by atoms with Crippen LogP contribution in [0.15, 0.2) is 24.3 Å². The molecular formula is C34H52S3. The van der Waals surface area contributed by atoms with Crippen LogP contribution in [0.2, 0.25) is 0 Å². The lowest BCUT2D eigenvalue weighted by Gasteiger charge is -2.04. The van der Waals surface area contributed by atoms with E-state index in [-0.39, 0.29) is 0 Å². The Morgan fingerprint density at radius 1 is 0.459 bits per heavy atom. The summed E-state index contributed by atoms with van der Waals surface area (Å²) in [7, 11) is 0. The monoisotopic (exact) mass is 556 g/mol. The average Bonchev–Trinajstić information content (AvgIpc) is 3.60. The fourth-order valence-electron chi connectivity index (χ4n) is 5.40. The first-order chi connectivity index (χ1) is 18.1. The van der Waals surface area contributed by atoms with Gasteiger partial charge < -0.3 is 0 Å². The predicted octanol–water partition coefficient (Wildman–Crippen LogP) is 13.2. The van der Waals surface area contributed by atoms with E-state index in [1.165, 1.54) is 145 Å². The summed E-state index contributed by atoms with van der Waals surface area (Å²) in [6.45, 7) is 9.17. The van der Waals surface area contributed by atoms with Gasteiger partial charge in [0.2, 0.25) is 0 Å². The fourth-order valence-corrected chi connectivity index (χ4v) is 8.83. The summed E-state index contributed by atoms with van der Waals surface area (Å²) in [5.41, 5.74) is 3.17. The lowest BCUT2D eigenvalue weighted by molar-refractivity contribution is 0.576. The summed E-state index contributed by atoms with van der Waals surface area (Å²) in [5.74, 6) is 0. The van der Waals surface area contributed by atoms with E-state index in [4.69, 9.17) is 0 Å². The van der Waals surface area contributed by atoms with Crippen LogP contribution in [0.3, 0.4) is 0 Å². The number of hydrogen-bond acceptors (Lipinski definition) is 3. The van der Waals surface area contributed by atoms with Gasteiger partial charge in [-0.1, -0.05) is 104 Å². The molecule has 3 heteroatoms. The highest BCUT2D eigenvalue weighted by Gasteiger charge is 2.16. The van der Waals surface area contributed by atoms with E-state index in [9.17, 15) is 0 Å². The summed E-state index contributed by atoms with van der Waals surface area (Å²) in [6.07, 6.45) is 24.8. The van der Waals surface area contributed by atoms with Crippen LogP contribution in [-0.2, 0) is 12.8 Å². The summed E-state index contributed by atoms with van der Waals surface area (Å²) in [5, 5.41) is 0. The van der Waals surface area contributed by atoms with E-state index < -0.39 is 0 Å². The van der Waals surface area contributed by atoms with Crippen LogP contribution in [-0.4, -0.2) is 0 Å². The molecule has 0 amide bonds. The SMILES string of the molecule is CCCCCCCCCCc1cc(C)sc1-c1ccc(-c2sc(C)cc2CCCCCCCCCC)s1. The van der Waals surface area contributed by atoms with Crippen LogP contribution in [0.5, 0.6) is 0 Å². The molecule has 0 saturated carbocycles. The molecule has 0 atom stereocenters. The number of thiophene rings is 3. The Balaban J connectivity index is 1.52. The van der Waals surface area contributed by atoms with Crippen LogP contribution in [0.25, 0.3) is 19.5 Å². The van der Waals surface area contributed by atoms with Crippen molar-refractivity contribution in [3.63, 3.8) is 0 Å². The minimum atomic E-state index is 1.24. The Hall–Kier alpha value is -0.900. The van der Waals surface area contributed by atoms with Crippen molar-refractivity contribution in [1.29, 1.82) is 0 Å². The highest BCUT2D eigenvalue weighted by Crippen LogP contribution is 2.43. The normalized spacial score (nSPS) is 11.6. The second-order valence-electron chi connectivity index (χ2n) is 11.0. The first-order valence-corrected chi connectivity index (χ1v) is 17.9. The van der Waals surface area contributed by atoms with E-state index in [2.05, 4.69) is 52.0 Å². The summed E-state index contributed by atoms with van der Waals surface area (Å²) < 4.78 is 0. The quantitative estimate of drug-likeness (QED) is 0.121. The van der Waals surface area contributed by atoms with Gasteiger partial charge in [0.25, 0.3) is 0 Å². The summed E-state index contributed by atoms with van der Waals surface area (Å²) >= 11 is 6.03. The van der Waals surface area contributed by atoms with Crippen LogP contribution in [0, 0.1) is 13.8 Å². The first kappa shape index (κ1) is 30.6. The summed E-state index contributed by atoms with van der Waals surface area (Å²) in [6, 6.07) is 9.72. The zero-order chi connectivity index (χ0) is 26.3. The highest BCUT2D eigenvalue weighted by atomic mass is 32.1. The maximum Gasteiger partial charge on any atom is 0.0477 e. The van der Waals surface area contributed by atoms with Crippen LogP contribution < -0.4 is 0 Å². The molecular weight excluding hydrogens is 505 g/mol. The average molecular weight is 557 g/mol. The Kier molecular flexibility index (Phi) is 14.6. The third-order valence-corrected chi connectivity index (χ3v) is 11.1. The van der Waals surface area contributed by atoms with E-state index >= 15 is 0 Å². The molecule has 3 aromatic rings. The molecule has 0 unspecified atom stereocenters. The van der Waals surface area contributed by atoms with E-state index in [0.717, 1.165) is 0 Å². The Labute approximate surface area is 240 Å². The van der Waals surface area contributed by atoms with Crippen molar-refractivity contribution in [2.24, 2.45) is 0 Å². The molecule has 206 valence electrons. The van der Waals surface area contributed by atoms with E-state index in [0.29, 0.717) is 0 Å². The smallest absolute Gasteiger partial charge is 0.0477 e. The topological polar surface area (TPSA) is 0 Å². The molecule has 0 aliphatic rings. The molecule has 0 N–H and O–H groups in total. The van der Waals surface area contributed by atoms with Gasteiger partial charge in [-0.3, -0.25) is 0 Å². The fraction of sp³-hybridized carbons (Fsp3) is 0.647. The first-order valence-electron chi connectivity index (χ1n) is 15.4. The second-order valence-corrected chi connectivity index (χ2v) is 14.6. The zero-order valence-corrected chi connectivity index (χ0v) is 26.7. The van der Waals surface area contributed by atoms with Gasteiger partial charge in [0.1, 0.15) is 0 Å².